The average molecular weight is 220 g/mol. The van der Waals surface area contributed by atoms with Gasteiger partial charge in [-0.2, -0.15) is 5.26 Å². The highest BCUT2D eigenvalue weighted by molar-refractivity contribution is 5.42. The molecule has 0 aromatic heterocycles. The third-order valence-electron chi connectivity index (χ3n) is 2.60. The van der Waals surface area contributed by atoms with Gasteiger partial charge in [0.2, 0.25) is 0 Å². The zero-order valence-electron chi connectivity index (χ0n) is 9.53. The highest BCUT2D eigenvalue weighted by Crippen LogP contribution is 2.04. The molecule has 1 aliphatic rings. The van der Waals surface area contributed by atoms with E-state index in [9.17, 15) is 0 Å². The summed E-state index contributed by atoms with van der Waals surface area (Å²) in [5, 5.41) is 8.65. The van der Waals surface area contributed by atoms with Crippen molar-refractivity contribution >= 4 is 0 Å². The van der Waals surface area contributed by atoms with Crippen LogP contribution in [0.15, 0.2) is 24.3 Å². The number of nitrogens with zero attached hydrogens (tertiary/aromatic N) is 2. The molecule has 0 radical (unpaired) electrons. The molecule has 0 amide bonds. The Morgan fingerprint density at radius 3 is 2.24 bits per heavy atom. The Kier molecular flexibility index (Phi) is 3.69. The van der Waals surface area contributed by atoms with Gasteiger partial charge in [-0.1, -0.05) is 5.92 Å². The smallest absolute Gasteiger partial charge is 0.0991 e. The third kappa shape index (κ3) is 3.30. The van der Waals surface area contributed by atoms with E-state index < -0.39 is 0 Å². The molecule has 2 heteroatoms. The van der Waals surface area contributed by atoms with Crippen LogP contribution in [0.5, 0.6) is 0 Å². The minimum absolute atomic E-state index is 0.652. The van der Waals surface area contributed by atoms with E-state index in [2.05, 4.69) is 34.8 Å². The van der Waals surface area contributed by atoms with Crippen molar-refractivity contribution in [3.8, 4) is 29.9 Å². The van der Waals surface area contributed by atoms with Crippen molar-refractivity contribution in [2.45, 2.75) is 12.8 Å². The van der Waals surface area contributed by atoms with Crippen molar-refractivity contribution in [2.24, 2.45) is 0 Å². The highest BCUT2D eigenvalue weighted by atomic mass is 15.1. The quantitative estimate of drug-likeness (QED) is 0.625. The first-order valence-electron chi connectivity index (χ1n) is 5.65. The summed E-state index contributed by atoms with van der Waals surface area (Å²) in [5.74, 6) is 8.64. The Labute approximate surface area is 102 Å². The molecule has 0 saturated carbocycles. The van der Waals surface area contributed by atoms with Crippen LogP contribution in [0, 0.1) is 35.1 Å². The van der Waals surface area contributed by atoms with E-state index in [0.717, 1.165) is 18.7 Å². The molecule has 1 aromatic carbocycles. The lowest BCUT2D eigenvalue weighted by atomic mass is 10.1. The van der Waals surface area contributed by atoms with Crippen LogP contribution in [-0.4, -0.2) is 18.0 Å². The Morgan fingerprint density at radius 2 is 1.59 bits per heavy atom. The molecule has 1 saturated heterocycles. The summed E-state index contributed by atoms with van der Waals surface area (Å²) in [4.78, 5) is 2.10. The number of rotatable bonds is 0. The zero-order chi connectivity index (χ0) is 11.9. The molecule has 1 fully saturated rings. The summed E-state index contributed by atoms with van der Waals surface area (Å²) in [5.41, 5.74) is 1.54. The maximum Gasteiger partial charge on any atom is 0.0991 e. The lowest BCUT2D eigenvalue weighted by Gasteiger charge is -2.03. The van der Waals surface area contributed by atoms with Crippen LogP contribution in [0.1, 0.15) is 24.0 Å². The fourth-order valence-electron chi connectivity index (χ4n) is 1.67. The first-order chi connectivity index (χ1) is 8.38. The number of benzene rings is 1. The van der Waals surface area contributed by atoms with Crippen LogP contribution >= 0.6 is 0 Å². The predicted octanol–water partition coefficient (Wildman–Crippen LogP) is 1.97. The Hall–Kier alpha value is -2.37. The highest BCUT2D eigenvalue weighted by Gasteiger charge is 2.05. The summed E-state index contributed by atoms with van der Waals surface area (Å²) in [6, 6.07) is 12.3. The second-order valence-corrected chi connectivity index (χ2v) is 3.87. The molecule has 0 bridgehead atoms. The lowest BCUT2D eigenvalue weighted by molar-refractivity contribution is 0.496. The van der Waals surface area contributed by atoms with Crippen molar-refractivity contribution in [3.05, 3.63) is 35.4 Å². The van der Waals surface area contributed by atoms with E-state index in [0.29, 0.717) is 5.56 Å². The molecule has 82 valence electrons. The number of hydrogen-bond donors (Lipinski definition) is 0. The first kappa shape index (κ1) is 11.1. The molecule has 0 unspecified atom stereocenters. The second-order valence-electron chi connectivity index (χ2n) is 3.87. The topological polar surface area (TPSA) is 27.0 Å². The number of nitriles is 1. The molecular formula is C15H12N2. The van der Waals surface area contributed by atoms with Crippen LogP contribution in [0.3, 0.4) is 0 Å². The van der Waals surface area contributed by atoms with Gasteiger partial charge in [0.05, 0.1) is 11.6 Å². The minimum atomic E-state index is 0.652. The first-order valence-corrected chi connectivity index (χ1v) is 5.65. The molecule has 0 aliphatic carbocycles. The zero-order valence-corrected chi connectivity index (χ0v) is 9.53. The summed E-state index contributed by atoms with van der Waals surface area (Å²) in [7, 11) is 0. The fourth-order valence-corrected chi connectivity index (χ4v) is 1.67. The van der Waals surface area contributed by atoms with Gasteiger partial charge in [-0.3, -0.25) is 0 Å². The lowest BCUT2D eigenvalue weighted by Crippen LogP contribution is -2.10. The molecule has 0 spiro atoms. The van der Waals surface area contributed by atoms with Gasteiger partial charge in [-0.15, -0.1) is 0 Å². The summed E-state index contributed by atoms with van der Waals surface area (Å²) in [6.07, 6.45) is 2.47. The SMILES string of the molecule is N#Cc1ccc(C#CC#CN2CCCC2)cc1. The van der Waals surface area contributed by atoms with Crippen LogP contribution < -0.4 is 0 Å². The Morgan fingerprint density at radius 1 is 0.941 bits per heavy atom. The molecule has 0 atom stereocenters. The van der Waals surface area contributed by atoms with Crippen molar-refractivity contribution in [1.29, 1.82) is 5.26 Å². The Bertz CT molecular complexity index is 535. The van der Waals surface area contributed by atoms with Gasteiger partial charge in [0, 0.05) is 30.6 Å². The molecule has 2 rings (SSSR count). The van der Waals surface area contributed by atoms with E-state index in [4.69, 9.17) is 5.26 Å². The van der Waals surface area contributed by atoms with Gasteiger partial charge in [0.1, 0.15) is 0 Å². The largest absolute Gasteiger partial charge is 0.332 e. The van der Waals surface area contributed by atoms with Gasteiger partial charge in [0.15, 0.2) is 0 Å². The van der Waals surface area contributed by atoms with E-state index in [-0.39, 0.29) is 0 Å². The van der Waals surface area contributed by atoms with Crippen molar-refractivity contribution in [1.82, 2.24) is 4.90 Å². The molecule has 1 heterocycles. The molecule has 1 aliphatic heterocycles. The monoisotopic (exact) mass is 220 g/mol. The van der Waals surface area contributed by atoms with Crippen molar-refractivity contribution < 1.29 is 0 Å². The van der Waals surface area contributed by atoms with Gasteiger partial charge in [0.25, 0.3) is 0 Å². The van der Waals surface area contributed by atoms with Crippen LogP contribution in [0.2, 0.25) is 0 Å². The number of likely N-dealkylation sites (tertiary alicyclic amines) is 1. The van der Waals surface area contributed by atoms with E-state index >= 15 is 0 Å². The maximum atomic E-state index is 8.65. The second kappa shape index (κ2) is 5.64. The fraction of sp³-hybridized carbons (Fsp3) is 0.267. The van der Waals surface area contributed by atoms with E-state index in [1.54, 1.807) is 12.1 Å². The normalized spacial score (nSPS) is 13.0. The minimum Gasteiger partial charge on any atom is -0.332 e. The van der Waals surface area contributed by atoms with E-state index in [1.807, 2.05) is 12.1 Å². The van der Waals surface area contributed by atoms with Gasteiger partial charge >= 0.3 is 0 Å². The Balaban J connectivity index is 1.98. The summed E-state index contributed by atoms with van der Waals surface area (Å²) in [6.45, 7) is 2.12. The molecule has 2 nitrogen and oxygen atoms in total. The van der Waals surface area contributed by atoms with Gasteiger partial charge in [-0.05, 0) is 43.0 Å². The third-order valence-corrected chi connectivity index (χ3v) is 2.60. The van der Waals surface area contributed by atoms with Crippen molar-refractivity contribution in [2.75, 3.05) is 13.1 Å². The average Bonchev–Trinajstić information content (AvgIpc) is 2.88. The van der Waals surface area contributed by atoms with E-state index in [1.165, 1.54) is 12.8 Å². The number of hydrogen-bond acceptors (Lipinski definition) is 2. The maximum absolute atomic E-state index is 8.65. The standard InChI is InChI=1S/C15H12N2/c16-13-15-8-6-14(7-9-15)5-1-2-10-17-11-3-4-12-17/h6-9H,3-4,11-12H2. The van der Waals surface area contributed by atoms with Gasteiger partial charge < -0.3 is 4.90 Å². The van der Waals surface area contributed by atoms with Crippen LogP contribution in [0.4, 0.5) is 0 Å². The predicted molar refractivity (Wildman–Crippen MR) is 66.6 cm³/mol. The molecule has 1 aromatic rings. The molecular weight excluding hydrogens is 208 g/mol. The van der Waals surface area contributed by atoms with Crippen LogP contribution in [0.25, 0.3) is 0 Å². The molecule has 17 heavy (non-hydrogen) atoms. The molecule has 0 N–H and O–H groups in total. The van der Waals surface area contributed by atoms with Crippen molar-refractivity contribution in [3.63, 3.8) is 0 Å². The van der Waals surface area contributed by atoms with Crippen LogP contribution in [-0.2, 0) is 0 Å². The summed E-state index contributed by atoms with van der Waals surface area (Å²) >= 11 is 0. The summed E-state index contributed by atoms with van der Waals surface area (Å²) < 4.78 is 0. The van der Waals surface area contributed by atoms with Gasteiger partial charge in [-0.25, -0.2) is 0 Å².